The third-order valence-electron chi connectivity index (χ3n) is 3.85. The van der Waals surface area contributed by atoms with Gasteiger partial charge in [-0.2, -0.15) is 0 Å². The normalized spacial score (nSPS) is 24.6. The van der Waals surface area contributed by atoms with Crippen molar-refractivity contribution in [1.29, 1.82) is 0 Å². The minimum Gasteiger partial charge on any atom is -0.352 e. The maximum absolute atomic E-state index is 13.5. The summed E-state index contributed by atoms with van der Waals surface area (Å²) in [6.07, 6.45) is 0.583. The van der Waals surface area contributed by atoms with Crippen molar-refractivity contribution in [3.05, 3.63) is 34.6 Å². The molecule has 0 radical (unpaired) electrons. The Kier molecular flexibility index (Phi) is 3.41. The van der Waals surface area contributed by atoms with Gasteiger partial charge in [0.15, 0.2) is 0 Å². The first-order valence-corrected chi connectivity index (χ1v) is 8.33. The average Bonchev–Trinajstić information content (AvgIpc) is 2.72. The number of carbonyl (C=O) groups excluding carboxylic acids is 2. The van der Waals surface area contributed by atoms with Crippen molar-refractivity contribution in [1.82, 2.24) is 15.5 Å². The fourth-order valence-corrected chi connectivity index (χ4v) is 2.84. The van der Waals surface area contributed by atoms with Crippen LogP contribution in [0.3, 0.4) is 0 Å². The van der Waals surface area contributed by atoms with Crippen LogP contribution >= 0.6 is 11.6 Å². The molecule has 1 fully saturated rings. The van der Waals surface area contributed by atoms with Crippen LogP contribution < -0.4 is 10.6 Å². The van der Waals surface area contributed by atoms with Crippen molar-refractivity contribution in [2.75, 3.05) is 26.1 Å². The predicted molar refractivity (Wildman–Crippen MR) is 101 cm³/mol. The lowest BCUT2D eigenvalue weighted by Gasteiger charge is -2.32. The van der Waals surface area contributed by atoms with Crippen LogP contribution in [-0.4, -0.2) is 48.4 Å². The zero-order valence-electron chi connectivity index (χ0n) is 24.9. The molecule has 0 aliphatic carbocycles. The topological polar surface area (TPSA) is 61.4 Å². The van der Waals surface area contributed by atoms with Crippen molar-refractivity contribution in [2.24, 2.45) is 5.92 Å². The van der Waals surface area contributed by atoms with E-state index in [4.69, 9.17) is 26.7 Å². The minimum absolute atomic E-state index is 0.0247. The Morgan fingerprint density at radius 3 is 2.65 bits per heavy atom. The quantitative estimate of drug-likeness (QED) is 0.807. The summed E-state index contributed by atoms with van der Waals surface area (Å²) < 4.78 is 98.2. The molecule has 7 heteroatoms. The molecule has 2 rings (SSSR count). The van der Waals surface area contributed by atoms with E-state index < -0.39 is 50.2 Å². The number of carbonyl (C=O) groups is 2. The maximum atomic E-state index is 13.5. The number of rotatable bonds is 5. The van der Waals surface area contributed by atoms with Gasteiger partial charge in [0.2, 0.25) is 5.91 Å². The zero-order valence-corrected chi connectivity index (χ0v) is 14.6. The van der Waals surface area contributed by atoms with Gasteiger partial charge in [0, 0.05) is 35.0 Å². The summed E-state index contributed by atoms with van der Waals surface area (Å²) in [6.45, 7) is -14.0. The molecule has 2 amide bonds. The van der Waals surface area contributed by atoms with Gasteiger partial charge in [-0.25, -0.2) is 4.39 Å². The molecule has 0 saturated carbocycles. The van der Waals surface area contributed by atoms with Crippen LogP contribution in [0.2, 0.25) is 5.02 Å². The fraction of sp³-hybridized carbons (Fsp3) is 0.579. The molecule has 1 aliphatic heterocycles. The van der Waals surface area contributed by atoms with E-state index in [0.29, 0.717) is 12.8 Å². The van der Waals surface area contributed by atoms with Crippen LogP contribution in [0.25, 0.3) is 0 Å². The van der Waals surface area contributed by atoms with Crippen molar-refractivity contribution in [3.63, 3.8) is 0 Å². The molecular weight excluding hydrogens is 357 g/mol. The average molecular weight is 395 g/mol. The summed E-state index contributed by atoms with van der Waals surface area (Å²) in [6, 6.07) is 3.37. The number of likely N-dealkylation sites (tertiary alicyclic amines) is 1. The highest BCUT2D eigenvalue weighted by molar-refractivity contribution is 6.31. The molecule has 0 spiro atoms. The van der Waals surface area contributed by atoms with Crippen LogP contribution in [-0.2, 0) is 4.79 Å². The third-order valence-corrected chi connectivity index (χ3v) is 4.07. The SMILES string of the molecule is [2H]C([2H])(C(=O)NC(C([2H])([2H])[2H])(C([2H])([2H])[2H])C([2H])([2H])[2H])N1CCC(CNC(=O)c2cc(F)cc(Cl)c2)CC1. The third kappa shape index (κ3) is 6.92. The van der Waals surface area contributed by atoms with Gasteiger partial charge in [0.25, 0.3) is 5.91 Å². The van der Waals surface area contributed by atoms with Gasteiger partial charge in [-0.05, 0) is 70.6 Å². The Bertz CT molecular complexity index is 950. The lowest BCUT2D eigenvalue weighted by atomic mass is 9.96. The first-order chi connectivity index (χ1) is 16.6. The van der Waals surface area contributed by atoms with Gasteiger partial charge in [0.05, 0.1) is 9.24 Å². The molecule has 1 aliphatic rings. The summed E-state index contributed by atoms with van der Waals surface area (Å²) in [4.78, 5) is 26.2. The van der Waals surface area contributed by atoms with E-state index >= 15 is 0 Å². The van der Waals surface area contributed by atoms with Crippen LogP contribution in [0.5, 0.6) is 0 Å². The lowest BCUT2D eigenvalue weighted by molar-refractivity contribution is -0.124. The molecule has 26 heavy (non-hydrogen) atoms. The molecule has 5 nitrogen and oxygen atoms in total. The second-order valence-electron chi connectivity index (χ2n) is 6.11. The van der Waals surface area contributed by atoms with Crippen molar-refractivity contribution < 1.29 is 29.1 Å². The summed E-state index contributed by atoms with van der Waals surface area (Å²) in [5.41, 5.74) is -3.67. The van der Waals surface area contributed by atoms with E-state index in [-0.39, 0.29) is 36.1 Å². The number of amides is 2. The highest BCUT2D eigenvalue weighted by Gasteiger charge is 2.23. The molecular formula is C19H27ClFN3O2. The molecule has 1 aromatic rings. The zero-order chi connectivity index (χ0) is 28.6. The molecule has 1 heterocycles. The first-order valence-electron chi connectivity index (χ1n) is 13.5. The number of halogens is 2. The van der Waals surface area contributed by atoms with Crippen LogP contribution in [0, 0.1) is 11.7 Å². The number of piperidine rings is 1. The number of hydrogen-bond donors (Lipinski definition) is 2. The summed E-state index contributed by atoms with van der Waals surface area (Å²) in [5.74, 6) is -3.08. The van der Waals surface area contributed by atoms with Crippen LogP contribution in [0.15, 0.2) is 18.2 Å². The molecule has 0 aromatic heterocycles. The van der Waals surface area contributed by atoms with Crippen molar-refractivity contribution in [3.8, 4) is 0 Å². The molecule has 0 unspecified atom stereocenters. The number of benzene rings is 1. The highest BCUT2D eigenvalue weighted by atomic mass is 35.5. The Morgan fingerprint density at radius 2 is 2.04 bits per heavy atom. The van der Waals surface area contributed by atoms with Gasteiger partial charge in [0.1, 0.15) is 5.82 Å². The van der Waals surface area contributed by atoms with Gasteiger partial charge in [-0.15, -0.1) is 0 Å². The summed E-state index contributed by atoms with van der Waals surface area (Å²) >= 11 is 5.75. The predicted octanol–water partition coefficient (Wildman–Crippen LogP) is 2.84. The van der Waals surface area contributed by atoms with Crippen molar-refractivity contribution >= 4 is 23.4 Å². The van der Waals surface area contributed by atoms with E-state index in [9.17, 15) is 14.0 Å². The monoisotopic (exact) mass is 394 g/mol. The Labute approximate surface area is 174 Å². The van der Waals surface area contributed by atoms with E-state index in [0.717, 1.165) is 17.0 Å². The van der Waals surface area contributed by atoms with Crippen molar-refractivity contribution in [2.45, 2.75) is 38.9 Å². The second-order valence-corrected chi connectivity index (χ2v) is 6.55. The molecule has 0 atom stereocenters. The lowest BCUT2D eigenvalue weighted by Crippen LogP contribution is -2.48. The summed E-state index contributed by atoms with van der Waals surface area (Å²) in [5, 5.41) is 4.22. The van der Waals surface area contributed by atoms with Crippen LogP contribution in [0.4, 0.5) is 4.39 Å². The number of nitrogens with zero attached hydrogens (tertiary/aromatic N) is 1. The van der Waals surface area contributed by atoms with E-state index in [1.807, 2.05) is 0 Å². The first kappa shape index (κ1) is 10.0. The van der Waals surface area contributed by atoms with Gasteiger partial charge in [-0.3, -0.25) is 14.5 Å². The summed E-state index contributed by atoms with van der Waals surface area (Å²) in [7, 11) is 0. The molecule has 1 saturated heterocycles. The van der Waals surface area contributed by atoms with E-state index in [1.54, 1.807) is 0 Å². The minimum atomic E-state index is -3.72. The number of nitrogens with one attached hydrogen (secondary N) is 2. The second kappa shape index (κ2) is 8.82. The van der Waals surface area contributed by atoms with E-state index in [2.05, 4.69) is 5.32 Å². The number of hydrogen-bond acceptors (Lipinski definition) is 3. The van der Waals surface area contributed by atoms with Gasteiger partial charge in [-0.1, -0.05) is 11.6 Å². The molecule has 0 bridgehead atoms. The highest BCUT2D eigenvalue weighted by Crippen LogP contribution is 2.17. The van der Waals surface area contributed by atoms with E-state index in [1.165, 1.54) is 11.4 Å². The van der Waals surface area contributed by atoms with Crippen LogP contribution in [0.1, 0.15) is 58.8 Å². The standard InChI is InChI=1S/C19H27ClFN3O2/c1-19(2,3)23-17(25)12-24-6-4-13(5-7-24)11-22-18(26)14-8-15(20)10-16(21)9-14/h8-10,13H,4-7,11-12H2,1-3H3,(H,22,26)(H,23,25)/i1D3,2D3,3D3,12D2. The largest absolute Gasteiger partial charge is 0.352 e. The maximum Gasteiger partial charge on any atom is 0.251 e. The Hall–Kier alpha value is -1.66. The van der Waals surface area contributed by atoms with Gasteiger partial charge >= 0.3 is 0 Å². The smallest absolute Gasteiger partial charge is 0.251 e. The fourth-order valence-electron chi connectivity index (χ4n) is 2.61. The Morgan fingerprint density at radius 1 is 1.35 bits per heavy atom. The molecule has 1 aromatic carbocycles. The molecule has 144 valence electrons. The molecule has 2 N–H and O–H groups in total. The van der Waals surface area contributed by atoms with Gasteiger partial charge < -0.3 is 10.6 Å². The Balaban J connectivity index is 2.08.